The number of carbonyl (C=O) groups excluding carboxylic acids is 1. The molecule has 2 saturated heterocycles. The standard InChI is InChI=1S/C18H29N3O2S.2C2HF3O2/c1-4-20-11-15-16(12-20)21(10-14-6-5-9-24-14)8-7-17(15)23-13-18(22)19(2)3;2*3-2(4,5)1(6)7/h5-6,9,15-17H,4,7-8,10-13H2,1-3H3;2*(H,6,7)/t15-,16+,17-;;/m0../s1. The molecular weight excluding hydrogens is 548 g/mol. The van der Waals surface area contributed by atoms with Crippen molar-refractivity contribution in [1.29, 1.82) is 0 Å². The van der Waals surface area contributed by atoms with Gasteiger partial charge in [-0.25, -0.2) is 9.59 Å². The largest absolute Gasteiger partial charge is 0.490 e. The van der Waals surface area contributed by atoms with Crippen LogP contribution in [0.1, 0.15) is 18.2 Å². The summed E-state index contributed by atoms with van der Waals surface area (Å²) in [7, 11) is 3.57. The molecule has 3 atom stereocenters. The molecule has 2 aliphatic heterocycles. The first-order valence-corrected chi connectivity index (χ1v) is 12.3. The maximum absolute atomic E-state index is 11.9. The Morgan fingerprint density at radius 1 is 1.08 bits per heavy atom. The molecule has 2 fully saturated rings. The molecule has 0 saturated carbocycles. The predicted molar refractivity (Wildman–Crippen MR) is 125 cm³/mol. The first-order valence-electron chi connectivity index (χ1n) is 11.4. The van der Waals surface area contributed by atoms with Crippen LogP contribution >= 0.6 is 11.3 Å². The number of thiophene rings is 1. The smallest absolute Gasteiger partial charge is 0.475 e. The number of alkyl halides is 6. The number of ether oxygens (including phenoxy) is 1. The Morgan fingerprint density at radius 2 is 1.63 bits per heavy atom. The lowest BCUT2D eigenvalue weighted by molar-refractivity contribution is -0.193. The number of nitrogens with zero attached hydrogens (tertiary/aromatic N) is 3. The SMILES string of the molecule is CCN1C[C@@H]2[C@@H](OCC(=O)N(C)C)CCN(Cc3cccs3)[C@@H]2C1.O=C(O)C(F)(F)F.O=C(O)C(F)(F)F. The molecule has 218 valence electrons. The number of hydrogen-bond donors (Lipinski definition) is 2. The molecule has 16 heteroatoms. The Hall–Kier alpha value is -2.43. The molecule has 1 aromatic rings. The van der Waals surface area contributed by atoms with Gasteiger partial charge in [0.15, 0.2) is 0 Å². The van der Waals surface area contributed by atoms with Gasteiger partial charge < -0.3 is 24.7 Å². The topological polar surface area (TPSA) is 111 Å². The van der Waals surface area contributed by atoms with Crippen LogP contribution in [0.3, 0.4) is 0 Å². The number of likely N-dealkylation sites (N-methyl/N-ethyl adjacent to an activating group) is 2. The normalized spacial score (nSPS) is 21.9. The predicted octanol–water partition coefficient (Wildman–Crippen LogP) is 3.01. The van der Waals surface area contributed by atoms with Crippen LogP contribution in [0, 0.1) is 5.92 Å². The molecule has 1 aromatic heterocycles. The Kier molecular flexibility index (Phi) is 13.0. The van der Waals surface area contributed by atoms with E-state index in [2.05, 4.69) is 34.2 Å². The molecule has 0 aromatic carbocycles. The molecule has 0 bridgehead atoms. The van der Waals surface area contributed by atoms with Crippen molar-refractivity contribution in [2.45, 2.75) is 44.4 Å². The number of piperidine rings is 1. The molecule has 2 aliphatic rings. The molecule has 38 heavy (non-hydrogen) atoms. The number of aliphatic carboxylic acids is 2. The van der Waals surface area contributed by atoms with Crippen LogP contribution in [0.5, 0.6) is 0 Å². The summed E-state index contributed by atoms with van der Waals surface area (Å²) in [4.78, 5) is 37.8. The lowest BCUT2D eigenvalue weighted by Gasteiger charge is -2.41. The summed E-state index contributed by atoms with van der Waals surface area (Å²) in [5.74, 6) is -4.95. The maximum Gasteiger partial charge on any atom is 0.490 e. The monoisotopic (exact) mass is 579 g/mol. The average Bonchev–Trinajstić information content (AvgIpc) is 3.47. The van der Waals surface area contributed by atoms with Gasteiger partial charge >= 0.3 is 24.3 Å². The van der Waals surface area contributed by atoms with E-state index in [4.69, 9.17) is 24.5 Å². The van der Waals surface area contributed by atoms with Crippen molar-refractivity contribution in [2.24, 2.45) is 5.92 Å². The zero-order chi connectivity index (χ0) is 29.3. The van der Waals surface area contributed by atoms with Crippen LogP contribution in [0.2, 0.25) is 0 Å². The fourth-order valence-electron chi connectivity index (χ4n) is 3.89. The third-order valence-corrected chi connectivity index (χ3v) is 6.71. The van der Waals surface area contributed by atoms with E-state index >= 15 is 0 Å². The van der Waals surface area contributed by atoms with Crippen molar-refractivity contribution in [3.63, 3.8) is 0 Å². The summed E-state index contributed by atoms with van der Waals surface area (Å²) in [5.41, 5.74) is 0. The highest BCUT2D eigenvalue weighted by atomic mass is 32.1. The Balaban J connectivity index is 0.000000426. The lowest BCUT2D eigenvalue weighted by atomic mass is 9.89. The van der Waals surface area contributed by atoms with E-state index in [1.165, 1.54) is 4.88 Å². The zero-order valence-electron chi connectivity index (χ0n) is 21.0. The number of carboxylic acids is 2. The van der Waals surface area contributed by atoms with Crippen LogP contribution < -0.4 is 0 Å². The number of fused-ring (bicyclic) bond motifs is 1. The van der Waals surface area contributed by atoms with E-state index in [0.29, 0.717) is 12.0 Å². The van der Waals surface area contributed by atoms with Crippen molar-refractivity contribution in [3.05, 3.63) is 22.4 Å². The molecule has 9 nitrogen and oxygen atoms in total. The van der Waals surface area contributed by atoms with Gasteiger partial charge in [-0.15, -0.1) is 11.3 Å². The minimum atomic E-state index is -5.08. The first kappa shape index (κ1) is 33.6. The fraction of sp³-hybridized carbons (Fsp3) is 0.682. The van der Waals surface area contributed by atoms with E-state index in [1.54, 1.807) is 19.0 Å². The molecule has 0 unspecified atom stereocenters. The molecular formula is C22H31F6N3O6S. The van der Waals surface area contributed by atoms with E-state index in [9.17, 15) is 31.1 Å². The molecule has 2 N–H and O–H groups in total. The summed E-state index contributed by atoms with van der Waals surface area (Å²) in [5, 5.41) is 16.4. The Morgan fingerprint density at radius 3 is 2.05 bits per heavy atom. The maximum atomic E-state index is 11.9. The Bertz CT molecular complexity index is 873. The summed E-state index contributed by atoms with van der Waals surface area (Å²) < 4.78 is 69.5. The lowest BCUT2D eigenvalue weighted by Crippen LogP contribution is -2.51. The first-order chi connectivity index (χ1) is 17.5. The number of rotatable bonds is 6. The van der Waals surface area contributed by atoms with Crippen LogP contribution in [0.4, 0.5) is 26.3 Å². The summed E-state index contributed by atoms with van der Waals surface area (Å²) in [6.45, 7) is 7.82. The highest BCUT2D eigenvalue weighted by Gasteiger charge is 2.44. The van der Waals surface area contributed by atoms with Crippen molar-refractivity contribution in [1.82, 2.24) is 14.7 Å². The van der Waals surface area contributed by atoms with Crippen LogP contribution in [-0.2, 0) is 25.7 Å². The zero-order valence-corrected chi connectivity index (χ0v) is 21.8. The second-order valence-corrected chi connectivity index (χ2v) is 9.70. The highest BCUT2D eigenvalue weighted by Crippen LogP contribution is 2.34. The van der Waals surface area contributed by atoms with Gasteiger partial charge in [-0.05, 0) is 24.4 Å². The van der Waals surface area contributed by atoms with Gasteiger partial charge in [0.25, 0.3) is 0 Å². The Labute approximate surface area is 219 Å². The second-order valence-electron chi connectivity index (χ2n) is 8.67. The van der Waals surface area contributed by atoms with Crippen LogP contribution in [-0.4, -0.2) is 114 Å². The van der Waals surface area contributed by atoms with Gasteiger partial charge in [0, 0.05) is 57.1 Å². The van der Waals surface area contributed by atoms with Crippen molar-refractivity contribution in [3.8, 4) is 0 Å². The fourth-order valence-corrected chi connectivity index (χ4v) is 4.62. The number of hydrogen-bond acceptors (Lipinski definition) is 7. The quantitative estimate of drug-likeness (QED) is 0.495. The number of carboxylic acid groups (broad SMARTS) is 2. The van der Waals surface area contributed by atoms with Crippen molar-refractivity contribution < 1.29 is 55.7 Å². The minimum absolute atomic E-state index is 0.0536. The van der Waals surface area contributed by atoms with Gasteiger partial charge in [-0.3, -0.25) is 9.69 Å². The summed E-state index contributed by atoms with van der Waals surface area (Å²) in [6, 6.07) is 4.90. The van der Waals surface area contributed by atoms with Crippen molar-refractivity contribution >= 4 is 29.2 Å². The molecule has 0 aliphatic carbocycles. The number of halogens is 6. The second kappa shape index (κ2) is 14.6. The average molecular weight is 580 g/mol. The number of amides is 1. The minimum Gasteiger partial charge on any atom is -0.475 e. The van der Waals surface area contributed by atoms with Crippen LogP contribution in [0.25, 0.3) is 0 Å². The van der Waals surface area contributed by atoms with Crippen LogP contribution in [0.15, 0.2) is 17.5 Å². The van der Waals surface area contributed by atoms with Gasteiger partial charge in [0.2, 0.25) is 5.91 Å². The third-order valence-electron chi connectivity index (χ3n) is 5.85. The van der Waals surface area contributed by atoms with E-state index in [1.807, 2.05) is 11.3 Å². The third kappa shape index (κ3) is 11.1. The van der Waals surface area contributed by atoms with Gasteiger partial charge in [0.1, 0.15) is 6.61 Å². The molecule has 1 amide bonds. The summed E-state index contributed by atoms with van der Waals surface area (Å²) in [6.07, 6.45) is -8.94. The van der Waals surface area contributed by atoms with Gasteiger partial charge in [-0.2, -0.15) is 26.3 Å². The number of likely N-dealkylation sites (tertiary alicyclic amines) is 2. The molecule has 0 spiro atoms. The van der Waals surface area contributed by atoms with E-state index in [-0.39, 0.29) is 18.6 Å². The molecule has 3 heterocycles. The van der Waals surface area contributed by atoms with E-state index < -0.39 is 24.3 Å². The molecule has 0 radical (unpaired) electrons. The highest BCUT2D eigenvalue weighted by molar-refractivity contribution is 7.09. The van der Waals surface area contributed by atoms with Gasteiger partial charge in [-0.1, -0.05) is 13.0 Å². The van der Waals surface area contributed by atoms with E-state index in [0.717, 1.165) is 39.1 Å². The summed E-state index contributed by atoms with van der Waals surface area (Å²) >= 11 is 1.84. The molecule has 3 rings (SSSR count). The number of carbonyl (C=O) groups is 3. The van der Waals surface area contributed by atoms with Crippen molar-refractivity contribution in [2.75, 3.05) is 46.9 Å². The van der Waals surface area contributed by atoms with Gasteiger partial charge in [0.05, 0.1) is 6.10 Å².